The number of aromatic nitrogens is 1. The normalized spacial score (nSPS) is 18.5. The summed E-state index contributed by atoms with van der Waals surface area (Å²) in [6, 6.07) is 1.63. The van der Waals surface area contributed by atoms with Crippen molar-refractivity contribution in [1.82, 2.24) is 10.3 Å². The number of nitrogens with zero attached hydrogens (tertiary/aromatic N) is 1. The van der Waals surface area contributed by atoms with Crippen molar-refractivity contribution in [3.63, 3.8) is 0 Å². The molecule has 104 valence electrons. The Morgan fingerprint density at radius 2 is 2.42 bits per heavy atom. The minimum atomic E-state index is -0.135. The molecular weight excluding hydrogens is 264 g/mol. The number of amides is 1. The third kappa shape index (κ3) is 4.48. The summed E-state index contributed by atoms with van der Waals surface area (Å²) in [6.07, 6.45) is 8.98. The minimum absolute atomic E-state index is 0.135. The molecule has 1 aromatic rings. The lowest BCUT2D eigenvalue weighted by molar-refractivity contribution is 0.0947. The molecule has 2 heterocycles. The quantitative estimate of drug-likeness (QED) is 0.816. The van der Waals surface area contributed by atoms with Gasteiger partial charge in [0.05, 0.1) is 16.7 Å². The zero-order valence-electron chi connectivity index (χ0n) is 10.9. The van der Waals surface area contributed by atoms with E-state index in [-0.39, 0.29) is 5.91 Å². The van der Waals surface area contributed by atoms with Gasteiger partial charge in [-0.15, -0.1) is 0 Å². The monoisotopic (exact) mass is 282 g/mol. The number of hydrogen-bond donors (Lipinski definition) is 1. The highest BCUT2D eigenvalue weighted by Gasteiger charge is 2.14. The first-order valence-corrected chi connectivity index (χ1v) is 7.14. The highest BCUT2D eigenvalue weighted by Crippen LogP contribution is 2.17. The van der Waals surface area contributed by atoms with Crippen LogP contribution in [0, 0.1) is 0 Å². The lowest BCUT2D eigenvalue weighted by atomic mass is 10.1. The highest BCUT2D eigenvalue weighted by molar-refractivity contribution is 6.33. The Hall–Kier alpha value is -1.13. The number of pyridine rings is 1. The number of carbonyl (C=O) groups is 1. The van der Waals surface area contributed by atoms with E-state index in [0.717, 1.165) is 25.9 Å². The zero-order chi connectivity index (χ0) is 13.5. The molecule has 1 aromatic heterocycles. The van der Waals surface area contributed by atoms with E-state index >= 15 is 0 Å². The van der Waals surface area contributed by atoms with E-state index < -0.39 is 0 Å². The van der Waals surface area contributed by atoms with Crippen LogP contribution in [-0.2, 0) is 4.74 Å². The Labute approximate surface area is 118 Å². The van der Waals surface area contributed by atoms with Gasteiger partial charge >= 0.3 is 0 Å². The van der Waals surface area contributed by atoms with Gasteiger partial charge in [0.15, 0.2) is 0 Å². The molecule has 0 bridgehead atoms. The summed E-state index contributed by atoms with van der Waals surface area (Å²) in [5, 5.41) is 3.26. The number of halogens is 1. The first-order chi connectivity index (χ1) is 9.27. The first-order valence-electron chi connectivity index (χ1n) is 6.76. The molecule has 0 saturated carbocycles. The second-order valence-electron chi connectivity index (χ2n) is 4.74. The molecule has 2 rings (SSSR count). The Balaban J connectivity index is 1.62. The fraction of sp³-hybridized carbons (Fsp3) is 0.571. The first kappa shape index (κ1) is 14.3. The van der Waals surface area contributed by atoms with Crippen LogP contribution in [0.2, 0.25) is 5.02 Å². The lowest BCUT2D eigenvalue weighted by Crippen LogP contribution is -2.25. The van der Waals surface area contributed by atoms with Crippen molar-refractivity contribution < 1.29 is 9.53 Å². The van der Waals surface area contributed by atoms with Crippen LogP contribution in [0.3, 0.4) is 0 Å². The summed E-state index contributed by atoms with van der Waals surface area (Å²) in [6.45, 7) is 1.58. The topological polar surface area (TPSA) is 51.2 Å². The van der Waals surface area contributed by atoms with E-state index in [1.807, 2.05) is 0 Å². The van der Waals surface area contributed by atoms with Crippen LogP contribution < -0.4 is 5.32 Å². The largest absolute Gasteiger partial charge is 0.378 e. The van der Waals surface area contributed by atoms with Crippen molar-refractivity contribution in [2.24, 2.45) is 0 Å². The molecule has 1 fully saturated rings. The molecular formula is C14H19ClN2O2. The molecule has 1 aliphatic heterocycles. The summed E-state index contributed by atoms with van der Waals surface area (Å²) in [5.41, 5.74) is 0.482. The standard InChI is InChI=1S/C14H19ClN2O2/c15-13-10-16-8-6-12(13)14(18)17-7-2-1-4-11-5-3-9-19-11/h6,8,10-11H,1-5,7,9H2,(H,17,18)/t11-/m0/s1. The maximum absolute atomic E-state index is 11.8. The van der Waals surface area contributed by atoms with Crippen molar-refractivity contribution in [1.29, 1.82) is 0 Å². The fourth-order valence-electron chi connectivity index (χ4n) is 2.23. The van der Waals surface area contributed by atoms with E-state index in [9.17, 15) is 4.79 Å². The molecule has 1 amide bonds. The molecule has 4 nitrogen and oxygen atoms in total. The van der Waals surface area contributed by atoms with E-state index in [2.05, 4.69) is 10.3 Å². The third-order valence-corrected chi connectivity index (χ3v) is 3.58. The molecule has 0 radical (unpaired) electrons. The van der Waals surface area contributed by atoms with Crippen LogP contribution in [0.1, 0.15) is 42.5 Å². The summed E-state index contributed by atoms with van der Waals surface area (Å²) >= 11 is 5.91. The minimum Gasteiger partial charge on any atom is -0.378 e. The predicted octanol–water partition coefficient (Wildman–Crippen LogP) is 2.81. The molecule has 0 spiro atoms. The smallest absolute Gasteiger partial charge is 0.252 e. The SMILES string of the molecule is O=C(NCCCC[C@H]1CCCO1)c1ccncc1Cl. The molecule has 19 heavy (non-hydrogen) atoms. The van der Waals surface area contributed by atoms with Crippen molar-refractivity contribution in [3.05, 3.63) is 29.0 Å². The van der Waals surface area contributed by atoms with E-state index in [1.54, 1.807) is 12.3 Å². The van der Waals surface area contributed by atoms with Crippen molar-refractivity contribution in [3.8, 4) is 0 Å². The Morgan fingerprint density at radius 1 is 1.53 bits per heavy atom. The van der Waals surface area contributed by atoms with Crippen LogP contribution in [0.4, 0.5) is 0 Å². The highest BCUT2D eigenvalue weighted by atomic mass is 35.5. The number of carbonyl (C=O) groups excluding carboxylic acids is 1. The fourth-order valence-corrected chi connectivity index (χ4v) is 2.43. The summed E-state index contributed by atoms with van der Waals surface area (Å²) < 4.78 is 5.55. The molecule has 0 unspecified atom stereocenters. The lowest BCUT2D eigenvalue weighted by Gasteiger charge is -2.09. The summed E-state index contributed by atoms with van der Waals surface area (Å²) in [7, 11) is 0. The maximum atomic E-state index is 11.8. The van der Waals surface area contributed by atoms with Crippen LogP contribution in [0.15, 0.2) is 18.5 Å². The van der Waals surface area contributed by atoms with Crippen LogP contribution in [0.25, 0.3) is 0 Å². The zero-order valence-corrected chi connectivity index (χ0v) is 11.7. The van der Waals surface area contributed by atoms with Gasteiger partial charge in [-0.25, -0.2) is 0 Å². The average Bonchev–Trinajstić information content (AvgIpc) is 2.92. The van der Waals surface area contributed by atoms with Gasteiger partial charge in [-0.2, -0.15) is 0 Å². The number of hydrogen-bond acceptors (Lipinski definition) is 3. The number of unbranched alkanes of at least 4 members (excludes halogenated alkanes) is 1. The van der Waals surface area contributed by atoms with Crippen molar-refractivity contribution >= 4 is 17.5 Å². The molecule has 1 saturated heterocycles. The van der Waals surface area contributed by atoms with Gasteiger partial charge in [0.1, 0.15) is 0 Å². The van der Waals surface area contributed by atoms with Gasteiger partial charge in [0, 0.05) is 25.5 Å². The third-order valence-electron chi connectivity index (χ3n) is 3.28. The number of nitrogens with one attached hydrogen (secondary N) is 1. The second-order valence-corrected chi connectivity index (χ2v) is 5.15. The van der Waals surface area contributed by atoms with E-state index in [4.69, 9.17) is 16.3 Å². The Morgan fingerprint density at radius 3 is 3.16 bits per heavy atom. The summed E-state index contributed by atoms with van der Waals surface area (Å²) in [5.74, 6) is -0.135. The molecule has 1 aliphatic rings. The Kier molecular flexibility index (Phi) is 5.61. The van der Waals surface area contributed by atoms with Crippen molar-refractivity contribution in [2.45, 2.75) is 38.2 Å². The molecule has 5 heteroatoms. The number of rotatable bonds is 6. The van der Waals surface area contributed by atoms with Gasteiger partial charge in [0.2, 0.25) is 0 Å². The summed E-state index contributed by atoms with van der Waals surface area (Å²) in [4.78, 5) is 15.7. The van der Waals surface area contributed by atoms with Gasteiger partial charge in [-0.3, -0.25) is 9.78 Å². The van der Waals surface area contributed by atoms with Crippen molar-refractivity contribution in [2.75, 3.05) is 13.2 Å². The van der Waals surface area contributed by atoms with E-state index in [0.29, 0.717) is 23.2 Å². The molecule has 0 aromatic carbocycles. The van der Waals surface area contributed by atoms with Gasteiger partial charge in [-0.05, 0) is 38.2 Å². The van der Waals surface area contributed by atoms with Gasteiger partial charge in [-0.1, -0.05) is 11.6 Å². The maximum Gasteiger partial charge on any atom is 0.252 e. The molecule has 1 N–H and O–H groups in total. The van der Waals surface area contributed by atoms with Crippen LogP contribution in [0.5, 0.6) is 0 Å². The van der Waals surface area contributed by atoms with Gasteiger partial charge < -0.3 is 10.1 Å². The average molecular weight is 283 g/mol. The Bertz CT molecular complexity index is 420. The predicted molar refractivity (Wildman–Crippen MR) is 74.4 cm³/mol. The van der Waals surface area contributed by atoms with Crippen LogP contribution >= 0.6 is 11.6 Å². The van der Waals surface area contributed by atoms with Gasteiger partial charge in [0.25, 0.3) is 5.91 Å². The van der Waals surface area contributed by atoms with E-state index in [1.165, 1.54) is 19.0 Å². The second kappa shape index (κ2) is 7.46. The van der Waals surface area contributed by atoms with Crippen LogP contribution in [-0.4, -0.2) is 30.1 Å². The number of ether oxygens (including phenoxy) is 1. The molecule has 0 aliphatic carbocycles. The molecule has 1 atom stereocenters.